The maximum Gasteiger partial charge on any atom is 0.207 e. The van der Waals surface area contributed by atoms with Gasteiger partial charge in [-0.2, -0.15) is 0 Å². The smallest absolute Gasteiger partial charge is 0.207 e. The summed E-state index contributed by atoms with van der Waals surface area (Å²) in [6, 6.07) is 0. The van der Waals surface area contributed by atoms with Gasteiger partial charge in [0.15, 0.2) is 0 Å². The first kappa shape index (κ1) is 17.9. The van der Waals surface area contributed by atoms with Gasteiger partial charge in [0.2, 0.25) is 6.17 Å². The summed E-state index contributed by atoms with van der Waals surface area (Å²) in [6.07, 6.45) is 5.79. The molecule has 0 bridgehead atoms. The standard InChI is InChI=1S/C9H18N4O.2ClH/c1-11(2)4-6-13-7-5-12(3)9(13)8-10-14;;/h5,7-9,14H,4,6H2,1-3H3;2*1H/b10-8-;;. The van der Waals surface area contributed by atoms with Crippen molar-refractivity contribution in [1.29, 1.82) is 0 Å². The third kappa shape index (κ3) is 5.03. The first-order valence-corrected chi connectivity index (χ1v) is 4.73. The summed E-state index contributed by atoms with van der Waals surface area (Å²) < 4.78 is 0. The normalized spacial score (nSPS) is 23.6. The molecule has 0 aliphatic carbocycles. The molecule has 1 rings (SSSR count). The van der Waals surface area contributed by atoms with Crippen molar-refractivity contribution in [1.82, 2.24) is 9.80 Å². The number of hydrogen-bond donors (Lipinski definition) is 2. The molecule has 0 radical (unpaired) electrons. The van der Waals surface area contributed by atoms with Crippen LogP contribution in [0.4, 0.5) is 0 Å². The molecular formula is C9H20Cl2N4O. The van der Waals surface area contributed by atoms with Gasteiger partial charge in [0.25, 0.3) is 0 Å². The van der Waals surface area contributed by atoms with Crippen molar-refractivity contribution in [3.8, 4) is 0 Å². The van der Waals surface area contributed by atoms with E-state index in [0.29, 0.717) is 0 Å². The maximum atomic E-state index is 8.53. The predicted molar refractivity (Wildman–Crippen MR) is 62.6 cm³/mol. The number of quaternary nitrogens is 1. The predicted octanol–water partition coefficient (Wildman–Crippen LogP) is -3.94. The summed E-state index contributed by atoms with van der Waals surface area (Å²) in [5.74, 6) is 0. The zero-order valence-electron chi connectivity index (χ0n) is 9.80. The molecular weight excluding hydrogens is 251 g/mol. The first-order chi connectivity index (χ1) is 6.65. The number of nitrogens with zero attached hydrogens (tertiary/aromatic N) is 3. The lowest BCUT2D eigenvalue weighted by Crippen LogP contribution is -3.12. The van der Waals surface area contributed by atoms with Gasteiger partial charge in [0.1, 0.15) is 12.4 Å². The van der Waals surface area contributed by atoms with E-state index in [1.165, 1.54) is 4.90 Å². The molecule has 0 aromatic rings. The van der Waals surface area contributed by atoms with Gasteiger partial charge in [-0.05, 0) is 14.1 Å². The van der Waals surface area contributed by atoms with E-state index in [9.17, 15) is 0 Å². The van der Waals surface area contributed by atoms with Gasteiger partial charge in [-0.3, -0.25) is 4.90 Å². The highest BCUT2D eigenvalue weighted by atomic mass is 35.5. The third-order valence-electron chi connectivity index (χ3n) is 2.40. The second-order valence-corrected chi connectivity index (χ2v) is 3.82. The fraction of sp³-hybridized carbons (Fsp3) is 0.667. The topological polar surface area (TPSA) is 43.5 Å². The molecule has 1 aliphatic heterocycles. The monoisotopic (exact) mass is 270 g/mol. The Labute approximate surface area is 109 Å². The van der Waals surface area contributed by atoms with Gasteiger partial charge < -0.3 is 27.4 Å². The zero-order chi connectivity index (χ0) is 10.6. The molecule has 2 N–H and O–H groups in total. The molecule has 0 aromatic heterocycles. The van der Waals surface area contributed by atoms with E-state index in [2.05, 4.69) is 30.4 Å². The highest BCUT2D eigenvalue weighted by molar-refractivity contribution is 5.85. The molecule has 1 aliphatic rings. The Morgan fingerprint density at radius 2 is 2.19 bits per heavy atom. The van der Waals surface area contributed by atoms with Crippen LogP contribution in [-0.2, 0) is 0 Å². The molecule has 1 heterocycles. The van der Waals surface area contributed by atoms with Crippen LogP contribution in [0.15, 0.2) is 17.6 Å². The first-order valence-electron chi connectivity index (χ1n) is 4.73. The Morgan fingerprint density at radius 3 is 2.69 bits per heavy atom. The van der Waals surface area contributed by atoms with E-state index < -0.39 is 0 Å². The molecule has 0 fully saturated rings. The minimum atomic E-state index is 0. The number of nitrogens with one attached hydrogen (secondary N) is 1. The van der Waals surface area contributed by atoms with Crippen LogP contribution in [0.3, 0.4) is 0 Å². The molecule has 0 aromatic carbocycles. The molecule has 5 nitrogen and oxygen atoms in total. The lowest BCUT2D eigenvalue weighted by Gasteiger charge is -2.22. The Hall–Kier alpha value is -0.490. The summed E-state index contributed by atoms with van der Waals surface area (Å²) in [4.78, 5) is 5.47. The number of hydrogen-bond acceptors (Lipinski definition) is 4. The van der Waals surface area contributed by atoms with Crippen LogP contribution in [0.1, 0.15) is 0 Å². The molecule has 0 spiro atoms. The van der Waals surface area contributed by atoms with E-state index in [1.807, 2.05) is 18.1 Å². The lowest BCUT2D eigenvalue weighted by atomic mass is 10.4. The Bertz CT molecular complexity index is 236. The van der Waals surface area contributed by atoms with Crippen LogP contribution >= 0.6 is 12.4 Å². The van der Waals surface area contributed by atoms with E-state index in [1.54, 1.807) is 6.21 Å². The van der Waals surface area contributed by atoms with Crippen molar-refractivity contribution in [2.75, 3.05) is 34.2 Å². The summed E-state index contributed by atoms with van der Waals surface area (Å²) in [6.45, 7) is 2.02. The molecule has 0 saturated carbocycles. The molecule has 7 heteroatoms. The highest BCUT2D eigenvalue weighted by Crippen LogP contribution is 1.92. The second kappa shape index (κ2) is 8.64. The Kier molecular flexibility index (Phi) is 9.66. The second-order valence-electron chi connectivity index (χ2n) is 3.82. The van der Waals surface area contributed by atoms with E-state index >= 15 is 0 Å². The average Bonchev–Trinajstić information content (AvgIpc) is 2.46. The van der Waals surface area contributed by atoms with Crippen LogP contribution in [-0.4, -0.2) is 61.6 Å². The number of halogens is 2. The van der Waals surface area contributed by atoms with Gasteiger partial charge in [-0.15, -0.1) is 12.4 Å². The summed E-state index contributed by atoms with van der Waals surface area (Å²) in [7, 11) is 6.08. The fourth-order valence-corrected chi connectivity index (χ4v) is 1.51. The minimum Gasteiger partial charge on any atom is -1.00 e. The molecule has 96 valence electrons. The van der Waals surface area contributed by atoms with E-state index in [0.717, 1.165) is 13.1 Å². The highest BCUT2D eigenvalue weighted by Gasteiger charge is 2.26. The van der Waals surface area contributed by atoms with E-state index in [4.69, 9.17) is 5.21 Å². The van der Waals surface area contributed by atoms with Gasteiger partial charge in [-0.25, -0.2) is 0 Å². The number of oxime groups is 1. The van der Waals surface area contributed by atoms with Crippen LogP contribution < -0.4 is 17.3 Å². The van der Waals surface area contributed by atoms with Crippen molar-refractivity contribution >= 4 is 18.6 Å². The molecule has 2 unspecified atom stereocenters. The number of rotatable bonds is 4. The van der Waals surface area contributed by atoms with Crippen molar-refractivity contribution in [3.63, 3.8) is 0 Å². The lowest BCUT2D eigenvalue weighted by molar-refractivity contribution is -0.864. The Morgan fingerprint density at radius 1 is 1.56 bits per heavy atom. The average molecular weight is 271 g/mol. The van der Waals surface area contributed by atoms with Crippen molar-refractivity contribution in [2.24, 2.45) is 5.16 Å². The van der Waals surface area contributed by atoms with Crippen LogP contribution in [0, 0.1) is 0 Å². The summed E-state index contributed by atoms with van der Waals surface area (Å²) in [5.41, 5.74) is 0. The SMILES string of the molecule is CN(C)CC[NH+]1C=CN(C)C1/C=N\O.Cl.[Cl-]. The van der Waals surface area contributed by atoms with Gasteiger partial charge in [0.05, 0.1) is 12.7 Å². The molecule has 0 saturated heterocycles. The maximum absolute atomic E-state index is 8.53. The van der Waals surface area contributed by atoms with Gasteiger partial charge in [-0.1, -0.05) is 5.16 Å². The molecule has 16 heavy (non-hydrogen) atoms. The van der Waals surface area contributed by atoms with Gasteiger partial charge in [0, 0.05) is 13.6 Å². The van der Waals surface area contributed by atoms with Crippen molar-refractivity contribution in [2.45, 2.75) is 6.17 Å². The fourth-order valence-electron chi connectivity index (χ4n) is 1.51. The Balaban J connectivity index is 0. The third-order valence-corrected chi connectivity index (χ3v) is 2.40. The van der Waals surface area contributed by atoms with Crippen molar-refractivity contribution in [3.05, 3.63) is 12.4 Å². The van der Waals surface area contributed by atoms with Crippen LogP contribution in [0.25, 0.3) is 0 Å². The molecule has 2 atom stereocenters. The van der Waals surface area contributed by atoms with Crippen LogP contribution in [0.2, 0.25) is 0 Å². The number of likely N-dealkylation sites (N-methyl/N-ethyl adjacent to an activating group) is 1. The quantitative estimate of drug-likeness (QED) is 0.312. The van der Waals surface area contributed by atoms with Gasteiger partial charge >= 0.3 is 0 Å². The summed E-state index contributed by atoms with van der Waals surface area (Å²) in [5, 5.41) is 11.6. The van der Waals surface area contributed by atoms with Crippen LogP contribution in [0.5, 0.6) is 0 Å². The summed E-state index contributed by atoms with van der Waals surface area (Å²) >= 11 is 0. The van der Waals surface area contributed by atoms with Crippen molar-refractivity contribution < 1.29 is 22.5 Å². The minimum absolute atomic E-state index is 0. The zero-order valence-corrected chi connectivity index (χ0v) is 11.4. The largest absolute Gasteiger partial charge is 1.00 e. The molecule has 0 amide bonds. The van der Waals surface area contributed by atoms with E-state index in [-0.39, 0.29) is 31.0 Å².